The molecule has 0 amide bonds. The third kappa shape index (κ3) is 5.12. The zero-order valence-electron chi connectivity index (χ0n) is 7.53. The van der Waals surface area contributed by atoms with Crippen molar-refractivity contribution in [2.75, 3.05) is 25.1 Å². The van der Waals surface area contributed by atoms with E-state index in [9.17, 15) is 0 Å². The Bertz CT molecular complexity index is 81.3. The van der Waals surface area contributed by atoms with Gasteiger partial charge >= 0.3 is 0 Å². The van der Waals surface area contributed by atoms with Crippen LogP contribution in [0.15, 0.2) is 0 Å². The summed E-state index contributed by atoms with van der Waals surface area (Å²) in [6.45, 7) is 8.95. The molecule has 1 N–H and O–H groups in total. The van der Waals surface area contributed by atoms with E-state index in [0.29, 0.717) is 5.41 Å². The molecular formula is C8H19NS. The second-order valence-corrected chi connectivity index (χ2v) is 4.24. The molecule has 0 aromatic heterocycles. The Balaban J connectivity index is 3.42. The SMILES string of the molecule is CCNCC(C)(C)CSC. The predicted octanol–water partition coefficient (Wildman–Crippen LogP) is 1.99. The summed E-state index contributed by atoms with van der Waals surface area (Å²) in [4.78, 5) is 0. The summed E-state index contributed by atoms with van der Waals surface area (Å²) in [6.07, 6.45) is 2.16. The normalized spacial score (nSPS) is 12.0. The van der Waals surface area contributed by atoms with E-state index >= 15 is 0 Å². The minimum atomic E-state index is 0.454. The highest BCUT2D eigenvalue weighted by atomic mass is 32.2. The fourth-order valence-electron chi connectivity index (χ4n) is 0.905. The molecule has 0 heterocycles. The lowest BCUT2D eigenvalue weighted by atomic mass is 9.97. The van der Waals surface area contributed by atoms with Crippen molar-refractivity contribution in [1.29, 1.82) is 0 Å². The number of rotatable bonds is 5. The van der Waals surface area contributed by atoms with E-state index in [1.165, 1.54) is 5.75 Å². The van der Waals surface area contributed by atoms with Crippen LogP contribution in [0.1, 0.15) is 20.8 Å². The van der Waals surface area contributed by atoms with Crippen molar-refractivity contribution >= 4 is 11.8 Å². The van der Waals surface area contributed by atoms with Crippen LogP contribution in [-0.4, -0.2) is 25.1 Å². The lowest BCUT2D eigenvalue weighted by Gasteiger charge is -2.23. The highest BCUT2D eigenvalue weighted by Gasteiger charge is 2.15. The van der Waals surface area contributed by atoms with Gasteiger partial charge in [0.2, 0.25) is 0 Å². The molecule has 1 nitrogen and oxygen atoms in total. The number of hydrogen-bond acceptors (Lipinski definition) is 2. The lowest BCUT2D eigenvalue weighted by Crippen LogP contribution is -2.31. The van der Waals surface area contributed by atoms with Crippen molar-refractivity contribution in [2.45, 2.75) is 20.8 Å². The Kier molecular flexibility index (Phi) is 5.18. The lowest BCUT2D eigenvalue weighted by molar-refractivity contribution is 0.394. The molecule has 10 heavy (non-hydrogen) atoms. The van der Waals surface area contributed by atoms with Crippen LogP contribution in [0, 0.1) is 5.41 Å². The minimum Gasteiger partial charge on any atom is -0.316 e. The smallest absolute Gasteiger partial charge is 0.00103 e. The summed E-state index contributed by atoms with van der Waals surface area (Å²) in [7, 11) is 0. The van der Waals surface area contributed by atoms with Crippen molar-refractivity contribution in [2.24, 2.45) is 5.41 Å². The largest absolute Gasteiger partial charge is 0.316 e. The molecule has 62 valence electrons. The molecule has 0 aliphatic heterocycles. The second kappa shape index (κ2) is 5.03. The average molecular weight is 161 g/mol. The van der Waals surface area contributed by atoms with Crippen molar-refractivity contribution < 1.29 is 0 Å². The molecule has 0 aliphatic rings. The molecule has 0 aromatic carbocycles. The van der Waals surface area contributed by atoms with E-state index in [-0.39, 0.29) is 0 Å². The predicted molar refractivity (Wildman–Crippen MR) is 50.7 cm³/mol. The first-order valence-corrected chi connectivity index (χ1v) is 5.21. The standard InChI is InChI=1S/C8H19NS/c1-5-9-6-8(2,3)7-10-4/h9H,5-7H2,1-4H3. The third-order valence-corrected chi connectivity index (χ3v) is 2.46. The molecule has 0 unspecified atom stereocenters. The molecule has 0 saturated carbocycles. The van der Waals surface area contributed by atoms with Crippen LogP contribution in [0.5, 0.6) is 0 Å². The van der Waals surface area contributed by atoms with E-state index in [1.807, 2.05) is 11.8 Å². The Labute approximate surface area is 69.0 Å². The maximum atomic E-state index is 3.36. The molecule has 0 saturated heterocycles. The van der Waals surface area contributed by atoms with E-state index < -0.39 is 0 Å². The van der Waals surface area contributed by atoms with Gasteiger partial charge in [0.05, 0.1) is 0 Å². The highest BCUT2D eigenvalue weighted by Crippen LogP contribution is 2.18. The van der Waals surface area contributed by atoms with Crippen molar-refractivity contribution in [1.82, 2.24) is 5.32 Å². The van der Waals surface area contributed by atoms with Crippen molar-refractivity contribution in [3.05, 3.63) is 0 Å². The van der Waals surface area contributed by atoms with Gasteiger partial charge in [0.1, 0.15) is 0 Å². The Hall–Kier alpha value is 0.310. The summed E-state index contributed by atoms with van der Waals surface area (Å²) in [5.41, 5.74) is 0.454. The van der Waals surface area contributed by atoms with Crippen LogP contribution in [0.4, 0.5) is 0 Å². The summed E-state index contributed by atoms with van der Waals surface area (Å²) < 4.78 is 0. The van der Waals surface area contributed by atoms with Gasteiger partial charge in [-0.2, -0.15) is 11.8 Å². The number of nitrogens with one attached hydrogen (secondary N) is 1. The molecular weight excluding hydrogens is 142 g/mol. The van der Waals surface area contributed by atoms with E-state index in [0.717, 1.165) is 13.1 Å². The number of thioether (sulfide) groups is 1. The Morgan fingerprint density at radius 1 is 1.40 bits per heavy atom. The molecule has 0 radical (unpaired) electrons. The van der Waals surface area contributed by atoms with Gasteiger partial charge in [-0.05, 0) is 24.0 Å². The zero-order chi connectivity index (χ0) is 8.04. The van der Waals surface area contributed by atoms with Crippen LogP contribution in [-0.2, 0) is 0 Å². The maximum absolute atomic E-state index is 3.36. The van der Waals surface area contributed by atoms with Gasteiger partial charge in [0.25, 0.3) is 0 Å². The van der Waals surface area contributed by atoms with Gasteiger partial charge in [0, 0.05) is 6.54 Å². The average Bonchev–Trinajstić information content (AvgIpc) is 1.84. The first-order chi connectivity index (χ1) is 4.62. The highest BCUT2D eigenvalue weighted by molar-refractivity contribution is 7.98. The molecule has 0 spiro atoms. The first-order valence-electron chi connectivity index (χ1n) is 3.82. The van der Waals surface area contributed by atoms with Crippen LogP contribution in [0.2, 0.25) is 0 Å². The quantitative estimate of drug-likeness (QED) is 0.662. The first kappa shape index (κ1) is 10.3. The molecule has 0 rings (SSSR count). The van der Waals surface area contributed by atoms with E-state index in [4.69, 9.17) is 0 Å². The van der Waals surface area contributed by atoms with Crippen LogP contribution < -0.4 is 5.32 Å². The van der Waals surface area contributed by atoms with Gasteiger partial charge in [-0.25, -0.2) is 0 Å². The fourth-order valence-corrected chi connectivity index (χ4v) is 1.79. The van der Waals surface area contributed by atoms with Crippen LogP contribution in [0.3, 0.4) is 0 Å². The Morgan fingerprint density at radius 2 is 2.00 bits per heavy atom. The molecule has 0 aromatic rings. The van der Waals surface area contributed by atoms with Gasteiger partial charge in [0.15, 0.2) is 0 Å². The number of hydrogen-bond donors (Lipinski definition) is 1. The van der Waals surface area contributed by atoms with Crippen LogP contribution in [0.25, 0.3) is 0 Å². The second-order valence-electron chi connectivity index (χ2n) is 3.38. The van der Waals surface area contributed by atoms with Crippen molar-refractivity contribution in [3.63, 3.8) is 0 Å². The fraction of sp³-hybridized carbons (Fsp3) is 1.00. The molecule has 0 atom stereocenters. The van der Waals surface area contributed by atoms with Gasteiger partial charge < -0.3 is 5.32 Å². The zero-order valence-corrected chi connectivity index (χ0v) is 8.35. The monoisotopic (exact) mass is 161 g/mol. The maximum Gasteiger partial charge on any atom is 0.00103 e. The molecule has 0 bridgehead atoms. The van der Waals surface area contributed by atoms with Gasteiger partial charge in [-0.3, -0.25) is 0 Å². The summed E-state index contributed by atoms with van der Waals surface area (Å²) in [6, 6.07) is 0. The summed E-state index contributed by atoms with van der Waals surface area (Å²) in [5.74, 6) is 1.24. The van der Waals surface area contributed by atoms with E-state index in [1.54, 1.807) is 0 Å². The van der Waals surface area contributed by atoms with Crippen molar-refractivity contribution in [3.8, 4) is 0 Å². The summed E-state index contributed by atoms with van der Waals surface area (Å²) >= 11 is 1.92. The molecule has 2 heteroatoms. The van der Waals surface area contributed by atoms with Gasteiger partial charge in [-0.15, -0.1) is 0 Å². The summed E-state index contributed by atoms with van der Waals surface area (Å²) in [5, 5.41) is 3.36. The Morgan fingerprint density at radius 3 is 2.40 bits per heavy atom. The van der Waals surface area contributed by atoms with Crippen LogP contribution >= 0.6 is 11.8 Å². The van der Waals surface area contributed by atoms with Gasteiger partial charge in [-0.1, -0.05) is 20.8 Å². The minimum absolute atomic E-state index is 0.454. The molecule has 0 fully saturated rings. The molecule has 0 aliphatic carbocycles. The third-order valence-electron chi connectivity index (χ3n) is 1.39. The van der Waals surface area contributed by atoms with E-state index in [2.05, 4.69) is 32.3 Å². The topological polar surface area (TPSA) is 12.0 Å².